The van der Waals surface area contributed by atoms with Crippen LogP contribution in [-0.4, -0.2) is 27.0 Å². The Hall–Kier alpha value is -2.11. The lowest BCUT2D eigenvalue weighted by atomic mass is 10.3. The number of rotatable bonds is 4. The first kappa shape index (κ1) is 10.4. The van der Waals surface area contributed by atoms with E-state index in [4.69, 9.17) is 4.74 Å². The van der Waals surface area contributed by atoms with E-state index < -0.39 is 0 Å². The predicted octanol–water partition coefficient (Wildman–Crippen LogP) is 1.38. The Morgan fingerprint density at radius 1 is 1.38 bits per heavy atom. The van der Waals surface area contributed by atoms with Crippen LogP contribution in [0.3, 0.4) is 0 Å². The molecule has 0 amide bonds. The minimum absolute atomic E-state index is 0.0506. The third-order valence-corrected chi connectivity index (χ3v) is 2.15. The SMILES string of the molecule is COc1cc(NC(C)c2ncc[nH]2)ncn1. The molecule has 0 bridgehead atoms. The molecule has 0 aliphatic carbocycles. The van der Waals surface area contributed by atoms with Crippen LogP contribution in [0, 0.1) is 0 Å². The van der Waals surface area contributed by atoms with Gasteiger partial charge in [-0.15, -0.1) is 0 Å². The van der Waals surface area contributed by atoms with Crippen molar-refractivity contribution in [3.8, 4) is 5.88 Å². The summed E-state index contributed by atoms with van der Waals surface area (Å²) in [5.41, 5.74) is 0. The van der Waals surface area contributed by atoms with Crippen molar-refractivity contribution < 1.29 is 4.74 Å². The topological polar surface area (TPSA) is 75.7 Å². The molecule has 0 spiro atoms. The molecule has 0 aliphatic heterocycles. The smallest absolute Gasteiger partial charge is 0.218 e. The molecule has 2 rings (SSSR count). The lowest BCUT2D eigenvalue weighted by Gasteiger charge is -2.12. The van der Waals surface area contributed by atoms with Crippen molar-refractivity contribution in [1.29, 1.82) is 0 Å². The fraction of sp³-hybridized carbons (Fsp3) is 0.300. The second-order valence-corrected chi connectivity index (χ2v) is 3.29. The fourth-order valence-corrected chi connectivity index (χ4v) is 1.33. The Morgan fingerprint density at radius 3 is 2.94 bits per heavy atom. The molecule has 0 aromatic carbocycles. The van der Waals surface area contributed by atoms with E-state index in [-0.39, 0.29) is 6.04 Å². The summed E-state index contributed by atoms with van der Waals surface area (Å²) in [7, 11) is 1.57. The van der Waals surface area contributed by atoms with Gasteiger partial charge in [0, 0.05) is 18.5 Å². The zero-order valence-corrected chi connectivity index (χ0v) is 9.14. The highest BCUT2D eigenvalue weighted by atomic mass is 16.5. The molecule has 1 atom stereocenters. The van der Waals surface area contributed by atoms with Gasteiger partial charge in [0.15, 0.2) is 0 Å². The van der Waals surface area contributed by atoms with E-state index in [1.165, 1.54) is 6.33 Å². The first-order valence-electron chi connectivity index (χ1n) is 4.91. The number of nitrogens with one attached hydrogen (secondary N) is 2. The largest absolute Gasteiger partial charge is 0.481 e. The summed E-state index contributed by atoms with van der Waals surface area (Å²) in [6, 6.07) is 1.79. The van der Waals surface area contributed by atoms with Crippen LogP contribution in [0.25, 0.3) is 0 Å². The number of hydrogen-bond acceptors (Lipinski definition) is 5. The number of nitrogens with zero attached hydrogens (tertiary/aromatic N) is 3. The summed E-state index contributed by atoms with van der Waals surface area (Å²) < 4.78 is 5.01. The lowest BCUT2D eigenvalue weighted by Crippen LogP contribution is -2.09. The van der Waals surface area contributed by atoms with Crippen LogP contribution in [0.1, 0.15) is 18.8 Å². The van der Waals surface area contributed by atoms with E-state index >= 15 is 0 Å². The summed E-state index contributed by atoms with van der Waals surface area (Å²) in [6.45, 7) is 1.99. The van der Waals surface area contributed by atoms with Crippen LogP contribution in [0.2, 0.25) is 0 Å². The van der Waals surface area contributed by atoms with Gasteiger partial charge in [0.25, 0.3) is 0 Å². The molecule has 0 fully saturated rings. The van der Waals surface area contributed by atoms with Crippen molar-refractivity contribution >= 4 is 5.82 Å². The van der Waals surface area contributed by atoms with Gasteiger partial charge in [-0.1, -0.05) is 0 Å². The van der Waals surface area contributed by atoms with Crippen LogP contribution in [0.5, 0.6) is 5.88 Å². The first-order valence-corrected chi connectivity index (χ1v) is 4.91. The van der Waals surface area contributed by atoms with Crippen molar-refractivity contribution in [2.24, 2.45) is 0 Å². The van der Waals surface area contributed by atoms with Crippen molar-refractivity contribution in [2.45, 2.75) is 13.0 Å². The second kappa shape index (κ2) is 4.61. The second-order valence-electron chi connectivity index (χ2n) is 3.29. The summed E-state index contributed by atoms with van der Waals surface area (Å²) in [6.07, 6.45) is 4.96. The van der Waals surface area contributed by atoms with Gasteiger partial charge in [-0.25, -0.2) is 15.0 Å². The Labute approximate surface area is 93.1 Å². The quantitative estimate of drug-likeness (QED) is 0.812. The lowest BCUT2D eigenvalue weighted by molar-refractivity contribution is 0.397. The summed E-state index contributed by atoms with van der Waals surface area (Å²) in [4.78, 5) is 15.2. The van der Waals surface area contributed by atoms with Crippen LogP contribution in [0.4, 0.5) is 5.82 Å². The molecule has 0 saturated heterocycles. The van der Waals surface area contributed by atoms with Crippen molar-refractivity contribution in [2.75, 3.05) is 12.4 Å². The average molecular weight is 219 g/mol. The molecular weight excluding hydrogens is 206 g/mol. The molecule has 2 aromatic heterocycles. The molecule has 0 radical (unpaired) electrons. The maximum atomic E-state index is 5.01. The van der Waals surface area contributed by atoms with Crippen molar-refractivity contribution in [3.05, 3.63) is 30.6 Å². The number of imidazole rings is 1. The number of methoxy groups -OCH3 is 1. The van der Waals surface area contributed by atoms with Crippen LogP contribution >= 0.6 is 0 Å². The van der Waals surface area contributed by atoms with Crippen LogP contribution in [0.15, 0.2) is 24.8 Å². The molecule has 1 unspecified atom stereocenters. The third kappa shape index (κ3) is 2.28. The van der Waals surface area contributed by atoms with Gasteiger partial charge in [-0.2, -0.15) is 0 Å². The van der Waals surface area contributed by atoms with Gasteiger partial charge in [-0.3, -0.25) is 0 Å². The minimum Gasteiger partial charge on any atom is -0.481 e. The van der Waals surface area contributed by atoms with E-state index in [1.807, 2.05) is 6.92 Å². The molecule has 84 valence electrons. The minimum atomic E-state index is 0.0506. The Kier molecular flexibility index (Phi) is 3.00. The fourth-order valence-electron chi connectivity index (χ4n) is 1.33. The Bertz CT molecular complexity index is 442. The van der Waals surface area contributed by atoms with E-state index in [2.05, 4.69) is 25.3 Å². The van der Waals surface area contributed by atoms with E-state index in [0.29, 0.717) is 11.7 Å². The van der Waals surface area contributed by atoms with Gasteiger partial charge in [-0.05, 0) is 6.92 Å². The van der Waals surface area contributed by atoms with Gasteiger partial charge in [0.2, 0.25) is 5.88 Å². The summed E-state index contributed by atoms with van der Waals surface area (Å²) in [5, 5.41) is 3.19. The maximum absolute atomic E-state index is 5.01. The third-order valence-electron chi connectivity index (χ3n) is 2.15. The monoisotopic (exact) mass is 219 g/mol. The van der Waals surface area contributed by atoms with E-state index in [0.717, 1.165) is 5.82 Å². The average Bonchev–Trinajstić information content (AvgIpc) is 2.83. The predicted molar refractivity (Wildman–Crippen MR) is 59.2 cm³/mol. The van der Waals surface area contributed by atoms with Gasteiger partial charge in [0.05, 0.1) is 13.2 Å². The Balaban J connectivity index is 2.08. The van der Waals surface area contributed by atoms with Crippen LogP contribution < -0.4 is 10.1 Å². The standard InChI is InChI=1S/C10H13N5O/c1-7(10-11-3-4-12-10)15-8-5-9(16-2)14-6-13-8/h3-7H,1-2H3,(H,11,12)(H,13,14,15). The van der Waals surface area contributed by atoms with Gasteiger partial charge in [0.1, 0.15) is 18.0 Å². The van der Waals surface area contributed by atoms with Crippen molar-refractivity contribution in [3.63, 3.8) is 0 Å². The molecule has 2 N–H and O–H groups in total. The molecule has 2 heterocycles. The highest BCUT2D eigenvalue weighted by Crippen LogP contribution is 2.16. The first-order chi connectivity index (χ1) is 7.79. The number of H-pyrrole nitrogens is 1. The molecule has 6 heteroatoms. The van der Waals surface area contributed by atoms with Crippen molar-refractivity contribution in [1.82, 2.24) is 19.9 Å². The zero-order valence-electron chi connectivity index (χ0n) is 9.14. The number of aromatic nitrogens is 4. The number of anilines is 1. The van der Waals surface area contributed by atoms with Gasteiger partial charge < -0.3 is 15.0 Å². The van der Waals surface area contributed by atoms with E-state index in [1.54, 1.807) is 25.6 Å². The molecular formula is C10H13N5O. The number of hydrogen-bond donors (Lipinski definition) is 2. The summed E-state index contributed by atoms with van der Waals surface area (Å²) in [5.74, 6) is 2.09. The Morgan fingerprint density at radius 2 is 2.25 bits per heavy atom. The molecule has 2 aromatic rings. The van der Waals surface area contributed by atoms with E-state index in [9.17, 15) is 0 Å². The number of aromatic amines is 1. The zero-order chi connectivity index (χ0) is 11.4. The molecule has 0 aliphatic rings. The molecule has 0 saturated carbocycles. The molecule has 6 nitrogen and oxygen atoms in total. The normalized spacial score (nSPS) is 12.1. The van der Waals surface area contributed by atoms with Crippen LogP contribution in [-0.2, 0) is 0 Å². The molecule has 16 heavy (non-hydrogen) atoms. The summed E-state index contributed by atoms with van der Waals surface area (Å²) >= 11 is 0. The maximum Gasteiger partial charge on any atom is 0.218 e. The highest BCUT2D eigenvalue weighted by Gasteiger charge is 2.08. The number of ether oxygens (including phenoxy) is 1. The van der Waals surface area contributed by atoms with Gasteiger partial charge >= 0.3 is 0 Å². The highest BCUT2D eigenvalue weighted by molar-refractivity contribution is 5.38.